The maximum atomic E-state index is 12.8. The van der Waals surface area contributed by atoms with E-state index in [9.17, 15) is 4.79 Å². The number of hydrogen-bond acceptors (Lipinski definition) is 6. The first-order chi connectivity index (χ1) is 16.2. The van der Waals surface area contributed by atoms with Crippen molar-refractivity contribution in [2.45, 2.75) is 19.5 Å². The molecule has 0 atom stereocenters. The second kappa shape index (κ2) is 10.4. The molecule has 0 saturated carbocycles. The number of carbonyl (C=O) groups is 1. The van der Waals surface area contributed by atoms with E-state index in [2.05, 4.69) is 21.7 Å². The third-order valence-electron chi connectivity index (χ3n) is 5.18. The molecule has 166 valence electrons. The minimum Gasteiger partial charge on any atom is -0.385 e. The van der Waals surface area contributed by atoms with Gasteiger partial charge in [0, 0.05) is 38.7 Å². The molecule has 4 aromatic rings. The van der Waals surface area contributed by atoms with Crippen molar-refractivity contribution in [3.63, 3.8) is 0 Å². The van der Waals surface area contributed by atoms with Crippen LogP contribution in [0.3, 0.4) is 0 Å². The largest absolute Gasteiger partial charge is 0.385 e. The maximum absolute atomic E-state index is 12.8. The Bertz CT molecular complexity index is 1280. The topological polar surface area (TPSA) is 105 Å². The highest BCUT2D eigenvalue weighted by Gasteiger charge is 2.15. The van der Waals surface area contributed by atoms with Crippen LogP contribution in [0.25, 0.3) is 11.0 Å². The smallest absolute Gasteiger partial charge is 0.259 e. The molecule has 0 bridgehead atoms. The summed E-state index contributed by atoms with van der Waals surface area (Å²) in [6.45, 7) is 1.91. The SMILES string of the molecule is COCCCn1c(NC(=O)c2ccc(C#N)nc2)nc2cc(CNc3ccccc3)ccc21. The first-order valence-corrected chi connectivity index (χ1v) is 10.6. The zero-order valence-corrected chi connectivity index (χ0v) is 18.3. The van der Waals surface area contributed by atoms with Crippen molar-refractivity contribution >= 4 is 28.6 Å². The summed E-state index contributed by atoms with van der Waals surface area (Å²) in [5.74, 6) is 0.130. The summed E-state index contributed by atoms with van der Waals surface area (Å²) in [5.41, 5.74) is 4.48. The van der Waals surface area contributed by atoms with Gasteiger partial charge in [-0.2, -0.15) is 5.26 Å². The number of hydrogen-bond donors (Lipinski definition) is 2. The molecule has 0 fully saturated rings. The molecule has 2 N–H and O–H groups in total. The number of nitrogens with zero attached hydrogens (tertiary/aromatic N) is 4. The van der Waals surface area contributed by atoms with E-state index in [0.717, 1.165) is 28.7 Å². The summed E-state index contributed by atoms with van der Waals surface area (Å²) < 4.78 is 7.18. The van der Waals surface area contributed by atoms with Crippen molar-refractivity contribution in [3.05, 3.63) is 83.7 Å². The fourth-order valence-corrected chi connectivity index (χ4v) is 3.50. The first kappa shape index (κ1) is 22.0. The van der Waals surface area contributed by atoms with Crippen LogP contribution in [0, 0.1) is 11.3 Å². The Kier molecular flexibility index (Phi) is 6.93. The standard InChI is InChI=1S/C25H24N6O2/c1-33-13-5-12-31-23-11-8-18(16-27-20-6-3-2-4-7-20)14-22(23)29-25(31)30-24(32)19-9-10-21(15-26)28-17-19/h2-4,6-11,14,17,27H,5,12-13,16H2,1H3,(H,29,30,32). The third-order valence-corrected chi connectivity index (χ3v) is 5.18. The van der Waals surface area contributed by atoms with Crippen LogP contribution >= 0.6 is 0 Å². The quantitative estimate of drug-likeness (QED) is 0.378. The Morgan fingerprint density at radius 3 is 2.73 bits per heavy atom. The van der Waals surface area contributed by atoms with Crippen LogP contribution in [-0.2, 0) is 17.8 Å². The lowest BCUT2D eigenvalue weighted by Gasteiger charge is -2.10. The number of imidazole rings is 1. The van der Waals surface area contributed by atoms with Crippen molar-refractivity contribution in [1.29, 1.82) is 5.26 Å². The highest BCUT2D eigenvalue weighted by atomic mass is 16.5. The number of aromatic nitrogens is 3. The van der Waals surface area contributed by atoms with Crippen LogP contribution in [0.15, 0.2) is 66.9 Å². The van der Waals surface area contributed by atoms with Crippen molar-refractivity contribution < 1.29 is 9.53 Å². The predicted octanol–water partition coefficient (Wildman–Crippen LogP) is 4.20. The minimum atomic E-state index is -0.332. The van der Waals surface area contributed by atoms with Gasteiger partial charge in [-0.15, -0.1) is 0 Å². The van der Waals surface area contributed by atoms with Gasteiger partial charge in [0.25, 0.3) is 5.91 Å². The van der Waals surface area contributed by atoms with Gasteiger partial charge in [-0.1, -0.05) is 24.3 Å². The molecule has 8 heteroatoms. The second-order valence-electron chi connectivity index (χ2n) is 7.47. The summed E-state index contributed by atoms with van der Waals surface area (Å²) >= 11 is 0. The molecule has 0 spiro atoms. The minimum absolute atomic E-state index is 0.259. The number of aryl methyl sites for hydroxylation is 1. The number of anilines is 2. The van der Waals surface area contributed by atoms with E-state index in [4.69, 9.17) is 15.0 Å². The third kappa shape index (κ3) is 5.34. The second-order valence-corrected chi connectivity index (χ2v) is 7.47. The number of benzene rings is 2. The van der Waals surface area contributed by atoms with Crippen LogP contribution < -0.4 is 10.6 Å². The Labute approximate surface area is 191 Å². The fourth-order valence-electron chi connectivity index (χ4n) is 3.50. The number of fused-ring (bicyclic) bond motifs is 1. The Morgan fingerprint density at radius 1 is 1.15 bits per heavy atom. The molecule has 2 aromatic heterocycles. The predicted molar refractivity (Wildman–Crippen MR) is 127 cm³/mol. The van der Waals surface area contributed by atoms with Crippen molar-refractivity contribution in [2.24, 2.45) is 0 Å². The molecule has 0 aliphatic heterocycles. The molecule has 2 aromatic carbocycles. The van der Waals surface area contributed by atoms with Gasteiger partial charge in [0.1, 0.15) is 11.8 Å². The van der Waals surface area contributed by atoms with E-state index in [1.165, 1.54) is 12.3 Å². The Hall–Kier alpha value is -4.22. The lowest BCUT2D eigenvalue weighted by Crippen LogP contribution is -2.16. The Balaban J connectivity index is 1.58. The molecule has 0 aliphatic rings. The zero-order valence-electron chi connectivity index (χ0n) is 18.3. The lowest BCUT2D eigenvalue weighted by atomic mass is 10.2. The summed E-state index contributed by atoms with van der Waals surface area (Å²) in [5, 5.41) is 15.2. The van der Waals surface area contributed by atoms with Gasteiger partial charge < -0.3 is 14.6 Å². The normalized spacial score (nSPS) is 10.7. The van der Waals surface area contributed by atoms with Gasteiger partial charge in [-0.3, -0.25) is 10.1 Å². The molecule has 0 radical (unpaired) electrons. The van der Waals surface area contributed by atoms with E-state index < -0.39 is 0 Å². The van der Waals surface area contributed by atoms with E-state index in [1.54, 1.807) is 13.2 Å². The van der Waals surface area contributed by atoms with Crippen molar-refractivity contribution in [3.8, 4) is 6.07 Å². The molecule has 33 heavy (non-hydrogen) atoms. The van der Waals surface area contributed by atoms with Crippen LogP contribution in [0.5, 0.6) is 0 Å². The molecule has 0 saturated heterocycles. The van der Waals surface area contributed by atoms with Gasteiger partial charge in [-0.05, 0) is 48.4 Å². The van der Waals surface area contributed by atoms with Crippen molar-refractivity contribution in [2.75, 3.05) is 24.4 Å². The molecule has 4 rings (SSSR count). The summed E-state index contributed by atoms with van der Waals surface area (Å²) in [4.78, 5) is 21.4. The number of rotatable bonds is 9. The van der Waals surface area contributed by atoms with Crippen LogP contribution in [0.1, 0.15) is 28.0 Å². The summed E-state index contributed by atoms with van der Waals surface area (Å²) in [6, 6.07) is 21.2. The average molecular weight is 441 g/mol. The highest BCUT2D eigenvalue weighted by Crippen LogP contribution is 2.23. The number of methoxy groups -OCH3 is 1. The monoisotopic (exact) mass is 440 g/mol. The number of ether oxygens (including phenoxy) is 1. The number of nitrogens with one attached hydrogen (secondary N) is 2. The van der Waals surface area contributed by atoms with Crippen molar-refractivity contribution in [1.82, 2.24) is 14.5 Å². The number of pyridine rings is 1. The van der Waals surface area contributed by atoms with Gasteiger partial charge >= 0.3 is 0 Å². The lowest BCUT2D eigenvalue weighted by molar-refractivity contribution is 0.102. The zero-order chi connectivity index (χ0) is 23.0. The molecule has 1 amide bonds. The Morgan fingerprint density at radius 2 is 2.00 bits per heavy atom. The molecular formula is C25H24N6O2. The van der Waals surface area contributed by atoms with Gasteiger partial charge in [-0.25, -0.2) is 9.97 Å². The van der Waals surface area contributed by atoms with Gasteiger partial charge in [0.05, 0.1) is 16.6 Å². The van der Waals surface area contributed by atoms with E-state index in [0.29, 0.717) is 31.2 Å². The fraction of sp³-hybridized carbons (Fsp3) is 0.200. The molecule has 0 aliphatic carbocycles. The number of nitriles is 1. The van der Waals surface area contributed by atoms with Crippen LogP contribution in [0.2, 0.25) is 0 Å². The average Bonchev–Trinajstić information content (AvgIpc) is 3.19. The number of para-hydroxylation sites is 1. The molecule has 2 heterocycles. The van der Waals surface area contributed by atoms with Gasteiger partial charge in [0.15, 0.2) is 0 Å². The molecule has 8 nitrogen and oxygen atoms in total. The molecule has 0 unspecified atom stereocenters. The molecular weight excluding hydrogens is 416 g/mol. The summed E-state index contributed by atoms with van der Waals surface area (Å²) in [6.07, 6.45) is 2.17. The van der Waals surface area contributed by atoms with E-state index >= 15 is 0 Å². The van der Waals surface area contributed by atoms with Crippen LogP contribution in [0.4, 0.5) is 11.6 Å². The maximum Gasteiger partial charge on any atom is 0.259 e. The van der Waals surface area contributed by atoms with Gasteiger partial charge in [0.2, 0.25) is 5.95 Å². The number of carbonyl (C=O) groups excluding carboxylic acids is 1. The van der Waals surface area contributed by atoms with E-state index in [-0.39, 0.29) is 11.6 Å². The first-order valence-electron chi connectivity index (χ1n) is 10.6. The van der Waals surface area contributed by atoms with Crippen LogP contribution in [-0.4, -0.2) is 34.2 Å². The number of amides is 1. The highest BCUT2D eigenvalue weighted by molar-refractivity contribution is 6.04. The summed E-state index contributed by atoms with van der Waals surface area (Å²) in [7, 11) is 1.67. The van der Waals surface area contributed by atoms with E-state index in [1.807, 2.05) is 53.1 Å².